The number of nitrogens with two attached hydrogens (primary N) is 1. The van der Waals surface area contributed by atoms with E-state index in [9.17, 15) is 4.79 Å². The van der Waals surface area contributed by atoms with Gasteiger partial charge in [-0.2, -0.15) is 0 Å². The molecule has 0 fully saturated rings. The van der Waals surface area contributed by atoms with Gasteiger partial charge in [0.2, 0.25) is 5.91 Å². The summed E-state index contributed by atoms with van der Waals surface area (Å²) in [6.45, 7) is 1.83. The highest BCUT2D eigenvalue weighted by molar-refractivity contribution is 6.36. The van der Waals surface area contributed by atoms with Crippen LogP contribution in [0.1, 0.15) is 13.3 Å². The molecule has 0 spiro atoms. The molecule has 0 saturated heterocycles. The monoisotopic (exact) mass is 247 g/mol. The minimum Gasteiger partial charge on any atom is -0.322 e. The summed E-state index contributed by atoms with van der Waals surface area (Å²) in [5.74, 6) is -0.288. The van der Waals surface area contributed by atoms with E-state index in [1.54, 1.807) is 0 Å². The van der Waals surface area contributed by atoms with Crippen molar-refractivity contribution < 1.29 is 4.79 Å². The fourth-order valence-electron chi connectivity index (χ4n) is 0.910. The predicted molar refractivity (Wildman–Crippen MR) is 61.2 cm³/mol. The van der Waals surface area contributed by atoms with Gasteiger partial charge in [-0.05, 0) is 12.5 Å². The molecule has 1 aromatic rings. The zero-order valence-electron chi connectivity index (χ0n) is 8.13. The Balaban J connectivity index is 2.77. The van der Waals surface area contributed by atoms with E-state index in [4.69, 9.17) is 28.9 Å². The number of rotatable bonds is 3. The highest BCUT2D eigenvalue weighted by atomic mass is 35.5. The minimum atomic E-state index is -0.545. The van der Waals surface area contributed by atoms with Crippen molar-refractivity contribution in [1.29, 1.82) is 0 Å². The quantitative estimate of drug-likeness (QED) is 0.804. The van der Waals surface area contributed by atoms with Crippen molar-refractivity contribution in [3.8, 4) is 0 Å². The van der Waals surface area contributed by atoms with Crippen LogP contribution in [-0.4, -0.2) is 16.9 Å². The summed E-state index contributed by atoms with van der Waals surface area (Å²) in [5, 5.41) is 3.19. The molecule has 1 amide bonds. The zero-order valence-corrected chi connectivity index (χ0v) is 9.64. The number of nitrogens with zero attached hydrogens (tertiary/aromatic N) is 1. The Labute approximate surface area is 97.8 Å². The highest BCUT2D eigenvalue weighted by Gasteiger charge is 2.12. The zero-order chi connectivity index (χ0) is 11.4. The van der Waals surface area contributed by atoms with Gasteiger partial charge in [-0.1, -0.05) is 30.1 Å². The number of hydrogen-bond donors (Lipinski definition) is 2. The Hall–Kier alpha value is -0.840. The van der Waals surface area contributed by atoms with Crippen LogP contribution in [0.25, 0.3) is 0 Å². The third-order valence-electron chi connectivity index (χ3n) is 1.85. The van der Waals surface area contributed by atoms with Crippen LogP contribution in [-0.2, 0) is 4.79 Å². The predicted octanol–water partition coefficient (Wildman–Crippen LogP) is 2.06. The Morgan fingerprint density at radius 1 is 1.67 bits per heavy atom. The second kappa shape index (κ2) is 5.30. The number of pyridine rings is 1. The van der Waals surface area contributed by atoms with Gasteiger partial charge in [0.15, 0.2) is 0 Å². The van der Waals surface area contributed by atoms with Crippen LogP contribution in [0.3, 0.4) is 0 Å². The van der Waals surface area contributed by atoms with Gasteiger partial charge in [-0.25, -0.2) is 4.98 Å². The summed E-state index contributed by atoms with van der Waals surface area (Å²) < 4.78 is 0. The summed E-state index contributed by atoms with van der Waals surface area (Å²) in [5.41, 5.74) is 5.95. The van der Waals surface area contributed by atoms with E-state index >= 15 is 0 Å². The SMILES string of the molecule is CCC(N)C(=O)Nc1cnc(Cl)cc1Cl. The lowest BCUT2D eigenvalue weighted by Crippen LogP contribution is -2.34. The summed E-state index contributed by atoms with van der Waals surface area (Å²) >= 11 is 11.5. The van der Waals surface area contributed by atoms with Crippen LogP contribution in [0.2, 0.25) is 10.2 Å². The number of anilines is 1. The van der Waals surface area contributed by atoms with E-state index in [1.165, 1.54) is 12.3 Å². The van der Waals surface area contributed by atoms with E-state index in [-0.39, 0.29) is 11.1 Å². The Kier molecular flexibility index (Phi) is 4.32. The van der Waals surface area contributed by atoms with Crippen LogP contribution in [0.15, 0.2) is 12.3 Å². The van der Waals surface area contributed by atoms with Crippen LogP contribution in [0.4, 0.5) is 5.69 Å². The topological polar surface area (TPSA) is 68.0 Å². The lowest BCUT2D eigenvalue weighted by molar-refractivity contribution is -0.117. The third-order valence-corrected chi connectivity index (χ3v) is 2.37. The second-order valence-corrected chi connectivity index (χ2v) is 3.79. The van der Waals surface area contributed by atoms with Crippen molar-refractivity contribution >= 4 is 34.8 Å². The van der Waals surface area contributed by atoms with Crippen molar-refractivity contribution in [2.75, 3.05) is 5.32 Å². The van der Waals surface area contributed by atoms with Crippen molar-refractivity contribution in [2.45, 2.75) is 19.4 Å². The molecule has 1 rings (SSSR count). The molecular formula is C9H11Cl2N3O. The van der Waals surface area contributed by atoms with Crippen LogP contribution in [0, 0.1) is 0 Å². The summed E-state index contributed by atoms with van der Waals surface area (Å²) in [4.78, 5) is 15.2. The molecular weight excluding hydrogens is 237 g/mol. The van der Waals surface area contributed by atoms with E-state index in [1.807, 2.05) is 6.92 Å². The number of carbonyl (C=O) groups excluding carboxylic acids is 1. The molecule has 1 atom stereocenters. The van der Waals surface area contributed by atoms with Crippen LogP contribution >= 0.6 is 23.2 Å². The number of amides is 1. The highest BCUT2D eigenvalue weighted by Crippen LogP contribution is 2.23. The summed E-state index contributed by atoms with van der Waals surface area (Å²) in [6, 6.07) is 0.910. The average molecular weight is 248 g/mol. The van der Waals surface area contributed by atoms with E-state index in [0.717, 1.165) is 0 Å². The number of aromatic nitrogens is 1. The van der Waals surface area contributed by atoms with Crippen molar-refractivity contribution in [3.63, 3.8) is 0 Å². The smallest absolute Gasteiger partial charge is 0.241 e. The largest absolute Gasteiger partial charge is 0.322 e. The van der Waals surface area contributed by atoms with Crippen molar-refractivity contribution in [1.82, 2.24) is 4.98 Å². The molecule has 0 bridgehead atoms. The molecule has 1 heterocycles. The first-order chi connectivity index (χ1) is 7.04. The van der Waals surface area contributed by atoms with Crippen molar-refractivity contribution in [2.24, 2.45) is 5.73 Å². The first-order valence-electron chi connectivity index (χ1n) is 4.42. The lowest BCUT2D eigenvalue weighted by atomic mass is 10.2. The molecule has 4 nitrogen and oxygen atoms in total. The first kappa shape index (κ1) is 12.2. The van der Waals surface area contributed by atoms with Gasteiger partial charge in [-0.15, -0.1) is 0 Å². The molecule has 1 unspecified atom stereocenters. The number of nitrogens with one attached hydrogen (secondary N) is 1. The second-order valence-electron chi connectivity index (χ2n) is 2.99. The Morgan fingerprint density at radius 3 is 2.87 bits per heavy atom. The lowest BCUT2D eigenvalue weighted by Gasteiger charge is -2.10. The maximum atomic E-state index is 11.4. The van der Waals surface area contributed by atoms with Crippen molar-refractivity contribution in [3.05, 3.63) is 22.4 Å². The number of halogens is 2. The van der Waals surface area contributed by atoms with E-state index in [0.29, 0.717) is 17.1 Å². The average Bonchev–Trinajstić information content (AvgIpc) is 2.20. The van der Waals surface area contributed by atoms with Gasteiger partial charge < -0.3 is 11.1 Å². The van der Waals surface area contributed by atoms with E-state index in [2.05, 4.69) is 10.3 Å². The molecule has 82 valence electrons. The molecule has 0 radical (unpaired) electrons. The fraction of sp³-hybridized carbons (Fsp3) is 0.333. The van der Waals surface area contributed by atoms with Crippen LogP contribution in [0.5, 0.6) is 0 Å². The normalized spacial score (nSPS) is 12.3. The van der Waals surface area contributed by atoms with Gasteiger partial charge in [-0.3, -0.25) is 4.79 Å². The molecule has 3 N–H and O–H groups in total. The molecule has 0 aromatic carbocycles. The number of carbonyl (C=O) groups is 1. The minimum absolute atomic E-state index is 0.276. The van der Waals surface area contributed by atoms with Gasteiger partial charge in [0.05, 0.1) is 22.9 Å². The molecule has 0 aliphatic rings. The molecule has 0 aliphatic heterocycles. The van der Waals surface area contributed by atoms with Gasteiger partial charge >= 0.3 is 0 Å². The first-order valence-corrected chi connectivity index (χ1v) is 5.17. The maximum Gasteiger partial charge on any atom is 0.241 e. The summed E-state index contributed by atoms with van der Waals surface area (Å²) in [6.07, 6.45) is 1.95. The molecule has 1 aromatic heterocycles. The Bertz CT molecular complexity index is 370. The Morgan fingerprint density at radius 2 is 2.33 bits per heavy atom. The van der Waals surface area contributed by atoms with Gasteiger partial charge in [0, 0.05) is 0 Å². The molecule has 0 saturated carbocycles. The van der Waals surface area contributed by atoms with Crippen LogP contribution < -0.4 is 11.1 Å². The van der Waals surface area contributed by atoms with Gasteiger partial charge in [0.25, 0.3) is 0 Å². The fourth-order valence-corrected chi connectivity index (χ4v) is 1.32. The molecule has 0 aliphatic carbocycles. The molecule has 15 heavy (non-hydrogen) atoms. The third kappa shape index (κ3) is 3.34. The van der Waals surface area contributed by atoms with E-state index < -0.39 is 6.04 Å². The molecule has 6 heteroatoms. The number of hydrogen-bond acceptors (Lipinski definition) is 3. The standard InChI is InChI=1S/C9H11Cl2N3O/c1-2-6(12)9(15)14-7-4-13-8(11)3-5(7)10/h3-4,6H,2,12H2,1H3,(H,14,15). The van der Waals surface area contributed by atoms with Gasteiger partial charge in [0.1, 0.15) is 5.15 Å². The maximum absolute atomic E-state index is 11.4. The summed E-state index contributed by atoms with van der Waals surface area (Å²) in [7, 11) is 0.